The lowest BCUT2D eigenvalue weighted by molar-refractivity contribution is -0.139. The molecule has 0 fully saturated rings. The zero-order valence-corrected chi connectivity index (χ0v) is 14.9. The van der Waals surface area contributed by atoms with E-state index in [1.807, 2.05) is 30.3 Å². The zero-order valence-electron chi connectivity index (χ0n) is 14.9. The van der Waals surface area contributed by atoms with E-state index in [1.54, 1.807) is 31.2 Å². The minimum Gasteiger partial charge on any atom is -0.493 e. The minimum absolute atomic E-state index is 0.219. The van der Waals surface area contributed by atoms with E-state index >= 15 is 0 Å². The summed E-state index contributed by atoms with van der Waals surface area (Å²) >= 11 is 0. The van der Waals surface area contributed by atoms with Gasteiger partial charge < -0.3 is 14.6 Å². The van der Waals surface area contributed by atoms with Crippen molar-refractivity contribution in [2.75, 3.05) is 18.7 Å². The van der Waals surface area contributed by atoms with Crippen molar-refractivity contribution in [3.05, 3.63) is 59.7 Å². The molecule has 1 N–H and O–H groups in total. The van der Waals surface area contributed by atoms with Crippen molar-refractivity contribution in [2.45, 2.75) is 6.92 Å². The molecule has 3 rings (SSSR count). The molecule has 0 radical (unpaired) electrons. The number of carbonyl (C=O) groups is 2. The smallest absolute Gasteiger partial charge is 0.341 e. The van der Waals surface area contributed by atoms with E-state index < -0.39 is 12.6 Å². The highest BCUT2D eigenvalue weighted by Gasteiger charge is 2.28. The third-order valence-corrected chi connectivity index (χ3v) is 3.91. The van der Waals surface area contributed by atoms with Crippen molar-refractivity contribution >= 4 is 29.4 Å². The summed E-state index contributed by atoms with van der Waals surface area (Å²) in [6, 6.07) is 14.2. The van der Waals surface area contributed by atoms with Crippen LogP contribution >= 0.6 is 0 Å². The van der Waals surface area contributed by atoms with Gasteiger partial charge in [0.1, 0.15) is 0 Å². The maximum Gasteiger partial charge on any atom is 0.341 e. The normalized spacial score (nSPS) is 15.0. The molecule has 2 aromatic carbocycles. The predicted molar refractivity (Wildman–Crippen MR) is 101 cm³/mol. The van der Waals surface area contributed by atoms with E-state index in [9.17, 15) is 9.59 Å². The van der Waals surface area contributed by atoms with Gasteiger partial charge in [-0.15, -0.1) is 0 Å². The van der Waals surface area contributed by atoms with Crippen LogP contribution in [-0.4, -0.2) is 36.4 Å². The SMILES string of the molecule is COc1cc(C=C2C(=O)N(c3ccccc3)N=C2C)ccc1OCC(=O)O. The number of ether oxygens (including phenoxy) is 2. The first-order valence-corrected chi connectivity index (χ1v) is 8.19. The lowest BCUT2D eigenvalue weighted by Gasteiger charge is -2.11. The average Bonchev–Trinajstić information content (AvgIpc) is 2.95. The Kier molecular flexibility index (Phi) is 5.21. The molecule has 0 aromatic heterocycles. The average molecular weight is 366 g/mol. The predicted octanol–water partition coefficient (Wildman–Crippen LogP) is 2.96. The maximum absolute atomic E-state index is 12.7. The molecule has 0 spiro atoms. The highest BCUT2D eigenvalue weighted by molar-refractivity contribution is 6.32. The number of para-hydroxylation sites is 1. The van der Waals surface area contributed by atoms with E-state index in [0.29, 0.717) is 34.0 Å². The van der Waals surface area contributed by atoms with Crippen LogP contribution in [0.25, 0.3) is 6.08 Å². The molecule has 7 heteroatoms. The van der Waals surface area contributed by atoms with Crippen molar-refractivity contribution in [2.24, 2.45) is 5.10 Å². The summed E-state index contributed by atoms with van der Waals surface area (Å²) in [5, 5.41) is 14.4. The van der Waals surface area contributed by atoms with E-state index in [1.165, 1.54) is 12.1 Å². The summed E-state index contributed by atoms with van der Waals surface area (Å²) in [4.78, 5) is 23.4. The van der Waals surface area contributed by atoms with Crippen LogP contribution in [0.2, 0.25) is 0 Å². The first-order valence-electron chi connectivity index (χ1n) is 8.19. The molecule has 1 aliphatic heterocycles. The topological polar surface area (TPSA) is 88.4 Å². The van der Waals surface area contributed by atoms with Crippen LogP contribution in [0.1, 0.15) is 12.5 Å². The third-order valence-electron chi connectivity index (χ3n) is 3.91. The van der Waals surface area contributed by atoms with Gasteiger partial charge in [-0.1, -0.05) is 24.3 Å². The lowest BCUT2D eigenvalue weighted by atomic mass is 10.1. The van der Waals surface area contributed by atoms with Crippen LogP contribution in [0.4, 0.5) is 5.69 Å². The standard InChI is InChI=1S/C20H18N2O5/c1-13-16(20(25)22(21-13)15-6-4-3-5-7-15)10-14-8-9-17(18(11-14)26-2)27-12-19(23)24/h3-11H,12H2,1-2H3,(H,23,24). The van der Waals surface area contributed by atoms with E-state index in [-0.39, 0.29) is 5.91 Å². The lowest BCUT2D eigenvalue weighted by Crippen LogP contribution is -2.21. The summed E-state index contributed by atoms with van der Waals surface area (Å²) in [5.74, 6) is -0.599. The maximum atomic E-state index is 12.7. The third kappa shape index (κ3) is 3.98. The number of benzene rings is 2. The van der Waals surface area contributed by atoms with Gasteiger partial charge in [0.25, 0.3) is 5.91 Å². The number of hydrogen-bond donors (Lipinski definition) is 1. The van der Waals surface area contributed by atoms with Crippen LogP contribution in [-0.2, 0) is 9.59 Å². The van der Waals surface area contributed by atoms with Crippen LogP contribution in [0.15, 0.2) is 59.2 Å². The molecule has 2 aromatic rings. The van der Waals surface area contributed by atoms with Crippen LogP contribution < -0.4 is 14.5 Å². The highest BCUT2D eigenvalue weighted by atomic mass is 16.5. The Bertz CT molecular complexity index is 935. The van der Waals surface area contributed by atoms with Crippen LogP contribution in [0.5, 0.6) is 11.5 Å². The molecule has 0 bridgehead atoms. The second-order valence-electron chi connectivity index (χ2n) is 5.79. The fourth-order valence-corrected chi connectivity index (χ4v) is 2.63. The van der Waals surface area contributed by atoms with Crippen molar-refractivity contribution in [3.8, 4) is 11.5 Å². The van der Waals surface area contributed by atoms with Crippen LogP contribution in [0, 0.1) is 0 Å². The van der Waals surface area contributed by atoms with Crippen molar-refractivity contribution in [3.63, 3.8) is 0 Å². The number of aliphatic carboxylic acids is 1. The molecule has 0 unspecified atom stereocenters. The van der Waals surface area contributed by atoms with E-state index in [2.05, 4.69) is 5.10 Å². The summed E-state index contributed by atoms with van der Waals surface area (Å²) in [6.45, 7) is 1.31. The molecule has 1 heterocycles. The van der Waals surface area contributed by atoms with Gasteiger partial charge in [-0.05, 0) is 42.8 Å². The molecule has 0 saturated carbocycles. The molecule has 7 nitrogen and oxygen atoms in total. The van der Waals surface area contributed by atoms with Gasteiger partial charge in [0.15, 0.2) is 18.1 Å². The van der Waals surface area contributed by atoms with Gasteiger partial charge in [0.2, 0.25) is 0 Å². The van der Waals surface area contributed by atoms with Gasteiger partial charge in [-0.25, -0.2) is 4.79 Å². The summed E-state index contributed by atoms with van der Waals surface area (Å²) < 4.78 is 10.4. The van der Waals surface area contributed by atoms with Crippen molar-refractivity contribution in [1.82, 2.24) is 0 Å². The van der Waals surface area contributed by atoms with Crippen LogP contribution in [0.3, 0.4) is 0 Å². The quantitative estimate of drug-likeness (QED) is 0.794. The zero-order chi connectivity index (χ0) is 19.4. The summed E-state index contributed by atoms with van der Waals surface area (Å²) in [7, 11) is 1.46. The molecule has 0 atom stereocenters. The monoisotopic (exact) mass is 366 g/mol. The number of carboxylic acids is 1. The van der Waals surface area contributed by atoms with Gasteiger partial charge in [-0.3, -0.25) is 4.79 Å². The summed E-state index contributed by atoms with van der Waals surface area (Å²) in [5.41, 5.74) is 2.48. The number of amides is 1. The number of anilines is 1. The van der Waals surface area contributed by atoms with E-state index in [4.69, 9.17) is 14.6 Å². The highest BCUT2D eigenvalue weighted by Crippen LogP contribution is 2.30. The Morgan fingerprint density at radius 3 is 2.59 bits per heavy atom. The number of hydrazone groups is 1. The Balaban J connectivity index is 1.87. The first-order chi connectivity index (χ1) is 13.0. The largest absolute Gasteiger partial charge is 0.493 e. The molecule has 0 aliphatic carbocycles. The molecule has 27 heavy (non-hydrogen) atoms. The van der Waals surface area contributed by atoms with Crippen molar-refractivity contribution in [1.29, 1.82) is 0 Å². The molecule has 0 saturated heterocycles. The van der Waals surface area contributed by atoms with E-state index in [0.717, 1.165) is 0 Å². The fourth-order valence-electron chi connectivity index (χ4n) is 2.63. The number of nitrogens with zero attached hydrogens (tertiary/aromatic N) is 2. The number of rotatable bonds is 6. The molecular formula is C20H18N2O5. The van der Waals surface area contributed by atoms with Gasteiger partial charge >= 0.3 is 5.97 Å². The second-order valence-corrected chi connectivity index (χ2v) is 5.79. The number of hydrogen-bond acceptors (Lipinski definition) is 5. The fraction of sp³-hybridized carbons (Fsp3) is 0.150. The number of carboxylic acid groups (broad SMARTS) is 1. The van der Waals surface area contributed by atoms with Gasteiger partial charge in [0, 0.05) is 0 Å². The Morgan fingerprint density at radius 1 is 1.19 bits per heavy atom. The molecule has 138 valence electrons. The number of methoxy groups -OCH3 is 1. The Labute approximate surface area is 156 Å². The van der Waals surface area contributed by atoms with Crippen molar-refractivity contribution < 1.29 is 24.2 Å². The second kappa shape index (κ2) is 7.74. The molecule has 1 aliphatic rings. The van der Waals surface area contributed by atoms with Gasteiger partial charge in [0.05, 0.1) is 24.1 Å². The minimum atomic E-state index is -1.08. The number of carbonyl (C=O) groups excluding carboxylic acids is 1. The first kappa shape index (κ1) is 18.2. The Hall–Kier alpha value is -3.61. The Morgan fingerprint density at radius 2 is 1.93 bits per heavy atom. The molecule has 1 amide bonds. The summed E-state index contributed by atoms with van der Waals surface area (Å²) in [6.07, 6.45) is 1.72. The van der Waals surface area contributed by atoms with Gasteiger partial charge in [-0.2, -0.15) is 10.1 Å². The molecular weight excluding hydrogens is 348 g/mol.